The Morgan fingerprint density at radius 3 is 2.48 bits per heavy atom. The fraction of sp³-hybridized carbons (Fsp3) is 0.0556. The van der Waals surface area contributed by atoms with E-state index < -0.39 is 11.6 Å². The van der Waals surface area contributed by atoms with E-state index in [0.29, 0.717) is 0 Å². The third-order valence-electron chi connectivity index (χ3n) is 3.13. The standard InChI is InChI=1S/C10H5F2N2.C8H8N4.Ir/c11-7-2-3-8(9(12)6-7)10-13-4-1-5-14-10;1-11-6-10-12(7-11)8-3-2-4-9-5-8;/h1-2,4-6H;2,4-7H,1H3;/q-1;-2;+3. The predicted octanol–water partition coefficient (Wildman–Crippen LogP) is 2.92. The summed E-state index contributed by atoms with van der Waals surface area (Å²) < 4.78 is 25.7. The Labute approximate surface area is 168 Å². The van der Waals surface area contributed by atoms with Crippen molar-refractivity contribution in [2.45, 2.75) is 0 Å². The zero-order valence-electron chi connectivity index (χ0n) is 14.0. The molecule has 0 bridgehead atoms. The van der Waals surface area contributed by atoms with Crippen LogP contribution in [0.1, 0.15) is 0 Å². The summed E-state index contributed by atoms with van der Waals surface area (Å²) in [5.41, 5.74) is 0.921. The summed E-state index contributed by atoms with van der Waals surface area (Å²) in [5.74, 6) is -1.18. The van der Waals surface area contributed by atoms with E-state index in [4.69, 9.17) is 0 Å². The Hall–Kier alpha value is -2.77. The van der Waals surface area contributed by atoms with Gasteiger partial charge in [-0.05, 0) is 13.1 Å². The van der Waals surface area contributed by atoms with E-state index in [9.17, 15) is 8.78 Å². The van der Waals surface area contributed by atoms with Crippen LogP contribution in [0.4, 0.5) is 14.5 Å². The first-order chi connectivity index (χ1) is 12.6. The minimum absolute atomic E-state index is 0. The molecular formula is C18H13F2IrN6. The minimum atomic E-state index is -0.712. The third kappa shape index (κ3) is 5.60. The van der Waals surface area contributed by atoms with E-state index in [1.54, 1.807) is 35.9 Å². The molecular weight excluding hydrogens is 530 g/mol. The predicted molar refractivity (Wildman–Crippen MR) is 92.3 cm³/mol. The first kappa shape index (κ1) is 20.5. The van der Waals surface area contributed by atoms with Crippen LogP contribution in [0.5, 0.6) is 0 Å². The van der Waals surface area contributed by atoms with Crippen LogP contribution in [0.2, 0.25) is 0 Å². The smallest absolute Gasteiger partial charge is 0.493 e. The average Bonchev–Trinajstić information content (AvgIpc) is 3.10. The summed E-state index contributed by atoms with van der Waals surface area (Å²) in [4.78, 5) is 13.5. The second kappa shape index (κ2) is 9.80. The van der Waals surface area contributed by atoms with Crippen molar-refractivity contribution in [1.82, 2.24) is 19.9 Å². The van der Waals surface area contributed by atoms with Gasteiger partial charge in [-0.1, -0.05) is 29.7 Å². The Bertz CT molecular complexity index is 880. The van der Waals surface area contributed by atoms with Gasteiger partial charge in [0.05, 0.1) is 12.2 Å². The number of hydrazone groups is 1. The van der Waals surface area contributed by atoms with Crippen LogP contribution in [-0.2, 0) is 20.1 Å². The summed E-state index contributed by atoms with van der Waals surface area (Å²) in [6.45, 7) is 1.85. The molecule has 1 aromatic carbocycles. The zero-order chi connectivity index (χ0) is 18.4. The Morgan fingerprint density at radius 2 is 1.89 bits per heavy atom. The number of aromatic nitrogens is 3. The number of anilines is 1. The van der Waals surface area contributed by atoms with Crippen LogP contribution < -0.4 is 5.01 Å². The quantitative estimate of drug-likeness (QED) is 0.466. The van der Waals surface area contributed by atoms with Crippen molar-refractivity contribution >= 4 is 12.0 Å². The van der Waals surface area contributed by atoms with Gasteiger partial charge in [0.1, 0.15) is 0 Å². The molecule has 6 nitrogen and oxygen atoms in total. The monoisotopic (exact) mass is 544 g/mol. The first-order valence-corrected chi connectivity index (χ1v) is 7.49. The number of pyridine rings is 1. The maximum Gasteiger partial charge on any atom is 3.00 e. The number of halogens is 2. The molecule has 2 aromatic heterocycles. The van der Waals surface area contributed by atoms with Crippen LogP contribution in [0.25, 0.3) is 11.4 Å². The molecule has 0 saturated heterocycles. The second-order valence-electron chi connectivity index (χ2n) is 5.09. The Balaban J connectivity index is 0.000000189. The molecule has 0 unspecified atom stereocenters. The number of rotatable bonds is 2. The van der Waals surface area contributed by atoms with Gasteiger partial charge in [0.15, 0.2) is 0 Å². The fourth-order valence-electron chi connectivity index (χ4n) is 1.98. The normalized spacial score (nSPS) is 12.3. The molecule has 0 atom stereocenters. The van der Waals surface area contributed by atoms with Crippen molar-refractivity contribution in [3.63, 3.8) is 0 Å². The van der Waals surface area contributed by atoms with Crippen LogP contribution in [0, 0.1) is 30.4 Å². The summed E-state index contributed by atoms with van der Waals surface area (Å²) in [6.07, 6.45) is 8.10. The van der Waals surface area contributed by atoms with E-state index in [-0.39, 0.29) is 31.5 Å². The Kier molecular flexibility index (Phi) is 7.45. The molecule has 3 aromatic rings. The Morgan fingerprint density at radius 1 is 1.11 bits per heavy atom. The minimum Gasteiger partial charge on any atom is -0.493 e. The number of benzene rings is 1. The number of hydrogen-bond donors (Lipinski definition) is 0. The molecule has 0 aliphatic carbocycles. The zero-order valence-corrected chi connectivity index (χ0v) is 16.4. The van der Waals surface area contributed by atoms with Crippen LogP contribution in [0.15, 0.2) is 54.2 Å². The molecule has 0 spiro atoms. The summed E-state index contributed by atoms with van der Waals surface area (Å²) >= 11 is 0. The van der Waals surface area contributed by atoms with E-state index in [1.807, 2.05) is 18.6 Å². The van der Waals surface area contributed by atoms with Gasteiger partial charge >= 0.3 is 20.1 Å². The maximum atomic E-state index is 13.2. The van der Waals surface area contributed by atoms with Crippen molar-refractivity contribution in [2.75, 3.05) is 12.1 Å². The number of nitrogens with zero attached hydrogens (tertiary/aromatic N) is 6. The van der Waals surface area contributed by atoms with Crippen molar-refractivity contribution < 1.29 is 28.9 Å². The molecule has 0 fully saturated rings. The van der Waals surface area contributed by atoms with Crippen molar-refractivity contribution in [3.05, 3.63) is 79.5 Å². The van der Waals surface area contributed by atoms with Gasteiger partial charge in [-0.25, -0.2) is 0 Å². The molecule has 0 saturated carbocycles. The second-order valence-corrected chi connectivity index (χ2v) is 5.09. The van der Waals surface area contributed by atoms with Gasteiger partial charge < -0.3 is 14.9 Å². The summed E-state index contributed by atoms with van der Waals surface area (Å²) in [6, 6.07) is 10.7. The van der Waals surface area contributed by atoms with E-state index in [2.05, 4.69) is 32.2 Å². The molecule has 9 heteroatoms. The van der Waals surface area contributed by atoms with Gasteiger partial charge in [-0.2, -0.15) is 17.2 Å². The van der Waals surface area contributed by atoms with E-state index >= 15 is 0 Å². The summed E-state index contributed by atoms with van der Waals surface area (Å²) in [5, 5.41) is 5.81. The SMILES string of the molecule is CN1C=NN(c2[c-]ccnc2)[CH-]1.Fc1c[c-]c(-c2ncccn2)c(F)c1.[Ir+3]. The van der Waals surface area contributed by atoms with E-state index in [1.165, 1.54) is 12.4 Å². The molecule has 1 aliphatic rings. The first-order valence-electron chi connectivity index (χ1n) is 7.49. The largest absolute Gasteiger partial charge is 3.00 e. The fourth-order valence-corrected chi connectivity index (χ4v) is 1.98. The summed E-state index contributed by atoms with van der Waals surface area (Å²) in [7, 11) is 1.92. The van der Waals surface area contributed by atoms with Gasteiger partial charge in [-0.15, -0.1) is 18.8 Å². The van der Waals surface area contributed by atoms with Gasteiger partial charge in [0.25, 0.3) is 0 Å². The van der Waals surface area contributed by atoms with Crippen molar-refractivity contribution in [3.8, 4) is 11.4 Å². The van der Waals surface area contributed by atoms with Crippen LogP contribution in [0.3, 0.4) is 0 Å². The van der Waals surface area contributed by atoms with Crippen LogP contribution in [-0.4, -0.2) is 33.2 Å². The molecule has 27 heavy (non-hydrogen) atoms. The van der Waals surface area contributed by atoms with Crippen LogP contribution >= 0.6 is 0 Å². The van der Waals surface area contributed by atoms with Gasteiger partial charge in [0.2, 0.25) is 0 Å². The topological polar surface area (TPSA) is 57.5 Å². The van der Waals surface area contributed by atoms with Crippen molar-refractivity contribution in [2.24, 2.45) is 5.10 Å². The molecule has 0 N–H and O–H groups in total. The molecule has 138 valence electrons. The van der Waals surface area contributed by atoms with E-state index in [0.717, 1.165) is 17.8 Å². The average molecular weight is 544 g/mol. The van der Waals surface area contributed by atoms with Gasteiger partial charge in [-0.3, -0.25) is 18.7 Å². The molecule has 3 heterocycles. The molecule has 0 radical (unpaired) electrons. The maximum absolute atomic E-state index is 13.2. The van der Waals surface area contributed by atoms with Crippen molar-refractivity contribution in [1.29, 1.82) is 0 Å². The third-order valence-corrected chi connectivity index (χ3v) is 3.13. The molecule has 0 amide bonds. The molecule has 4 rings (SSSR count). The molecule has 1 aliphatic heterocycles. The number of hydrogen-bond acceptors (Lipinski definition) is 6. The van der Waals surface area contributed by atoms with Gasteiger partial charge in [0, 0.05) is 24.0 Å².